The van der Waals surface area contributed by atoms with Crippen molar-refractivity contribution in [2.24, 2.45) is 0 Å². The fourth-order valence-electron chi connectivity index (χ4n) is 3.32. The Morgan fingerprint density at radius 1 is 0.667 bits per heavy atom. The van der Waals surface area contributed by atoms with Crippen LogP contribution < -0.4 is 11.5 Å². The second-order valence-corrected chi connectivity index (χ2v) is 8.36. The van der Waals surface area contributed by atoms with E-state index in [1.165, 1.54) is 43.3 Å². The summed E-state index contributed by atoms with van der Waals surface area (Å²) in [5.74, 6) is 0. The van der Waals surface area contributed by atoms with Gasteiger partial charge < -0.3 is 16.2 Å². The van der Waals surface area contributed by atoms with Gasteiger partial charge in [0, 0.05) is 79.4 Å². The fourth-order valence-corrected chi connectivity index (χ4v) is 3.32. The third kappa shape index (κ3) is 10.1. The molecule has 13 heteroatoms. The maximum Gasteiger partial charge on any atom is 0.287 e. The van der Waals surface area contributed by atoms with Crippen molar-refractivity contribution in [2.75, 3.05) is 24.7 Å². The third-order valence-electron chi connectivity index (χ3n) is 5.27. The Morgan fingerprint density at radius 3 is 1.74 bits per heavy atom. The molecule has 4 aromatic rings. The normalized spacial score (nSPS) is 11.9. The minimum absolute atomic E-state index is 0.0492. The molecular weight excluding hydrogens is 504 g/mol. The van der Waals surface area contributed by atoms with E-state index in [1.54, 1.807) is 18.5 Å². The van der Waals surface area contributed by atoms with Crippen molar-refractivity contribution in [1.82, 2.24) is 19.9 Å². The van der Waals surface area contributed by atoms with E-state index in [0.717, 1.165) is 36.5 Å². The molecule has 0 spiro atoms. The Bertz CT molecular complexity index is 1360. The maximum atomic E-state index is 10.6. The van der Waals surface area contributed by atoms with E-state index >= 15 is 0 Å². The van der Waals surface area contributed by atoms with Gasteiger partial charge in [0.15, 0.2) is 0 Å². The smallest absolute Gasteiger partial charge is 0.287 e. The van der Waals surface area contributed by atoms with Gasteiger partial charge >= 0.3 is 0 Å². The van der Waals surface area contributed by atoms with E-state index in [0.29, 0.717) is 23.5 Å². The van der Waals surface area contributed by atoms with Gasteiger partial charge in [-0.2, -0.15) is 0 Å². The van der Waals surface area contributed by atoms with Crippen LogP contribution in [-0.4, -0.2) is 43.0 Å². The number of nitrogens with two attached hydrogens (primary N) is 2. The van der Waals surface area contributed by atoms with E-state index in [-0.39, 0.29) is 17.8 Å². The summed E-state index contributed by atoms with van der Waals surface area (Å²) in [6.07, 6.45) is 9.33. The van der Waals surface area contributed by atoms with Gasteiger partial charge in [0.1, 0.15) is 6.20 Å². The SMILES string of the molecule is C1CCOC1.Nc1ccc(Cc2cc(N)ccn2)nc1.O=[N+]([O-])c1ccc(Cc2cc([N+](=O)[O-])ccn2)nc1. The highest BCUT2D eigenvalue weighted by atomic mass is 16.6. The summed E-state index contributed by atoms with van der Waals surface area (Å²) in [6.45, 7) is 2.00. The number of hydrogen-bond donors (Lipinski definition) is 2. The Morgan fingerprint density at radius 2 is 1.26 bits per heavy atom. The van der Waals surface area contributed by atoms with Crippen LogP contribution >= 0.6 is 0 Å². The lowest BCUT2D eigenvalue weighted by Gasteiger charge is -2.01. The summed E-state index contributed by atoms with van der Waals surface area (Å²) in [5.41, 5.74) is 15.3. The summed E-state index contributed by atoms with van der Waals surface area (Å²) < 4.78 is 4.94. The molecular formula is C26H28N8O5. The zero-order chi connectivity index (χ0) is 28.0. The standard InChI is InChI=1S/C11H8N4O4.C11H12N4.C4H8O/c16-14(17)10-3-4-12-9(6-10)5-8-1-2-11(7-13-8)15(18)19;12-8-3-4-14-11(5-8)6-10-2-1-9(13)7-15-10;1-2-4-5-3-1/h1-4,6-7H,5H2;1-5,7H,6,13H2,(H2,12,14);1-4H2. The summed E-state index contributed by atoms with van der Waals surface area (Å²) in [7, 11) is 0. The van der Waals surface area contributed by atoms with Crippen molar-refractivity contribution in [2.45, 2.75) is 25.7 Å². The molecule has 5 heterocycles. The van der Waals surface area contributed by atoms with Crippen LogP contribution in [0.2, 0.25) is 0 Å². The molecule has 5 rings (SSSR count). The average molecular weight is 533 g/mol. The van der Waals surface area contributed by atoms with E-state index in [4.69, 9.17) is 16.2 Å². The number of nitrogens with zero attached hydrogens (tertiary/aromatic N) is 6. The molecule has 1 saturated heterocycles. The highest BCUT2D eigenvalue weighted by molar-refractivity contribution is 5.39. The van der Waals surface area contributed by atoms with Gasteiger partial charge in [0.25, 0.3) is 11.4 Å². The molecule has 0 aliphatic carbocycles. The van der Waals surface area contributed by atoms with Crippen molar-refractivity contribution in [3.8, 4) is 0 Å². The van der Waals surface area contributed by atoms with Crippen LogP contribution in [0.3, 0.4) is 0 Å². The molecule has 202 valence electrons. The predicted octanol–water partition coefficient (Wildman–Crippen LogP) is 3.91. The lowest BCUT2D eigenvalue weighted by Crippen LogP contribution is -1.98. The van der Waals surface area contributed by atoms with Crippen LogP contribution in [0.4, 0.5) is 22.7 Å². The Balaban J connectivity index is 0.000000186. The van der Waals surface area contributed by atoms with Gasteiger partial charge in [-0.15, -0.1) is 0 Å². The Labute approximate surface area is 224 Å². The second kappa shape index (κ2) is 14.6. The Kier molecular flexibility index (Phi) is 10.7. The minimum atomic E-state index is -0.539. The summed E-state index contributed by atoms with van der Waals surface area (Å²) in [5, 5.41) is 21.1. The largest absolute Gasteiger partial charge is 0.399 e. The first-order chi connectivity index (χ1) is 18.8. The molecule has 0 bridgehead atoms. The molecule has 1 aliphatic rings. The molecule has 13 nitrogen and oxygen atoms in total. The molecule has 1 fully saturated rings. The van der Waals surface area contributed by atoms with Gasteiger partial charge in [0.2, 0.25) is 0 Å². The maximum absolute atomic E-state index is 10.6. The highest BCUT2D eigenvalue weighted by Gasteiger charge is 2.09. The second-order valence-electron chi connectivity index (χ2n) is 8.36. The molecule has 4 N–H and O–H groups in total. The number of pyridine rings is 4. The number of nitrogen functional groups attached to an aromatic ring is 2. The van der Waals surface area contributed by atoms with E-state index < -0.39 is 9.85 Å². The van der Waals surface area contributed by atoms with Crippen LogP contribution in [0.1, 0.15) is 35.6 Å². The number of rotatable bonds is 6. The van der Waals surface area contributed by atoms with Crippen molar-refractivity contribution in [3.05, 3.63) is 116 Å². The van der Waals surface area contributed by atoms with Gasteiger partial charge in [0.05, 0.1) is 27.4 Å². The fraction of sp³-hybridized carbons (Fsp3) is 0.231. The number of hydrogen-bond acceptors (Lipinski definition) is 11. The number of anilines is 2. The molecule has 0 unspecified atom stereocenters. The molecule has 0 radical (unpaired) electrons. The first kappa shape index (κ1) is 28.5. The number of ether oxygens (including phenoxy) is 1. The van der Waals surface area contributed by atoms with Crippen LogP contribution in [0.5, 0.6) is 0 Å². The molecule has 0 saturated carbocycles. The van der Waals surface area contributed by atoms with E-state index in [1.807, 2.05) is 18.2 Å². The van der Waals surface area contributed by atoms with Crippen molar-refractivity contribution < 1.29 is 14.6 Å². The first-order valence-corrected chi connectivity index (χ1v) is 12.0. The molecule has 4 aromatic heterocycles. The minimum Gasteiger partial charge on any atom is -0.399 e. The molecule has 0 atom stereocenters. The van der Waals surface area contributed by atoms with Crippen LogP contribution in [-0.2, 0) is 17.6 Å². The van der Waals surface area contributed by atoms with Gasteiger partial charge in [-0.05, 0) is 43.2 Å². The summed E-state index contributed by atoms with van der Waals surface area (Å²) >= 11 is 0. The number of nitro groups is 2. The molecule has 0 amide bonds. The van der Waals surface area contributed by atoms with Crippen molar-refractivity contribution in [1.29, 1.82) is 0 Å². The lowest BCUT2D eigenvalue weighted by molar-refractivity contribution is -0.385. The first-order valence-electron chi connectivity index (χ1n) is 12.0. The van der Waals surface area contributed by atoms with E-state index in [9.17, 15) is 20.2 Å². The highest BCUT2D eigenvalue weighted by Crippen LogP contribution is 2.15. The van der Waals surface area contributed by atoms with Crippen LogP contribution in [0.15, 0.2) is 73.3 Å². The van der Waals surface area contributed by atoms with Crippen LogP contribution in [0.25, 0.3) is 0 Å². The van der Waals surface area contributed by atoms with Crippen molar-refractivity contribution in [3.63, 3.8) is 0 Å². The van der Waals surface area contributed by atoms with Crippen LogP contribution in [0, 0.1) is 20.2 Å². The van der Waals surface area contributed by atoms with Crippen molar-refractivity contribution >= 4 is 22.7 Å². The van der Waals surface area contributed by atoms with Gasteiger partial charge in [-0.1, -0.05) is 0 Å². The lowest BCUT2D eigenvalue weighted by atomic mass is 10.2. The van der Waals surface area contributed by atoms with Gasteiger partial charge in [-0.25, -0.2) is 0 Å². The third-order valence-corrected chi connectivity index (χ3v) is 5.27. The zero-order valence-electron chi connectivity index (χ0n) is 21.1. The zero-order valence-corrected chi connectivity index (χ0v) is 21.1. The topological polar surface area (TPSA) is 199 Å². The van der Waals surface area contributed by atoms with Gasteiger partial charge in [-0.3, -0.25) is 40.2 Å². The predicted molar refractivity (Wildman–Crippen MR) is 145 cm³/mol. The average Bonchev–Trinajstić information content (AvgIpc) is 3.52. The molecule has 1 aliphatic heterocycles. The monoisotopic (exact) mass is 532 g/mol. The van der Waals surface area contributed by atoms with E-state index in [2.05, 4.69) is 19.9 Å². The summed E-state index contributed by atoms with van der Waals surface area (Å²) in [4.78, 5) is 36.4. The number of aromatic nitrogens is 4. The molecule has 39 heavy (non-hydrogen) atoms. The Hall–Kier alpha value is -5.04. The summed E-state index contributed by atoms with van der Waals surface area (Å²) in [6, 6.07) is 12.8. The quantitative estimate of drug-likeness (QED) is 0.269. The molecule has 0 aromatic carbocycles.